The Morgan fingerprint density at radius 2 is 1.39 bits per heavy atom. The number of aliphatic carboxylic acids is 1. The van der Waals surface area contributed by atoms with Gasteiger partial charge in [0.2, 0.25) is 0 Å². The summed E-state index contributed by atoms with van der Waals surface area (Å²) in [5, 5.41) is 11.7. The quantitative estimate of drug-likeness (QED) is 0.490. The molecule has 0 aromatic heterocycles. The van der Waals surface area contributed by atoms with Gasteiger partial charge in [0.15, 0.2) is 0 Å². The van der Waals surface area contributed by atoms with Gasteiger partial charge in [0, 0.05) is 11.1 Å². The van der Waals surface area contributed by atoms with Gasteiger partial charge >= 0.3 is 5.97 Å². The van der Waals surface area contributed by atoms with Crippen LogP contribution in [-0.2, 0) is 15.1 Å². The van der Waals surface area contributed by atoms with Crippen LogP contribution in [0.1, 0.15) is 23.6 Å². The first-order valence-electron chi connectivity index (χ1n) is 10.4. The van der Waals surface area contributed by atoms with E-state index in [9.17, 15) is 9.90 Å². The number of carboxylic acids is 1. The normalized spacial score (nSPS) is 15.8. The Hall–Kier alpha value is -3.47. The van der Waals surface area contributed by atoms with Gasteiger partial charge in [-0.15, -0.1) is 0 Å². The molecule has 0 fully saturated rings. The lowest BCUT2D eigenvalue weighted by Gasteiger charge is -2.36. The molecule has 3 N–H and O–H groups in total. The molecular weight excluding hydrogens is 386 g/mol. The van der Waals surface area contributed by atoms with Crippen molar-refractivity contribution in [2.45, 2.75) is 24.7 Å². The molecule has 4 aromatic rings. The highest BCUT2D eigenvalue weighted by Crippen LogP contribution is 2.54. The first-order chi connectivity index (χ1) is 15.0. The van der Waals surface area contributed by atoms with E-state index in [-0.39, 0.29) is 0 Å². The van der Waals surface area contributed by atoms with Crippen molar-refractivity contribution in [2.24, 2.45) is 5.73 Å². The molecule has 0 saturated carbocycles. The summed E-state index contributed by atoms with van der Waals surface area (Å²) in [7, 11) is 0. The molecule has 2 atom stereocenters. The highest BCUT2D eigenvalue weighted by Gasteiger charge is 2.47. The predicted octanol–water partition coefficient (Wildman–Crippen LogP) is 4.93. The topological polar surface area (TPSA) is 72.5 Å². The van der Waals surface area contributed by atoms with Crippen molar-refractivity contribution in [1.82, 2.24) is 0 Å². The Bertz CT molecular complexity index is 1250. The van der Waals surface area contributed by atoms with Crippen LogP contribution in [0.25, 0.3) is 21.9 Å². The van der Waals surface area contributed by atoms with Gasteiger partial charge in [0.25, 0.3) is 0 Å². The summed E-state index contributed by atoms with van der Waals surface area (Å²) in [6.07, 6.45) is -0.719. The first-order valence-corrected chi connectivity index (χ1v) is 10.4. The molecule has 4 heteroatoms. The Morgan fingerprint density at radius 3 is 2.00 bits per heavy atom. The van der Waals surface area contributed by atoms with Crippen LogP contribution in [0.15, 0.2) is 91.0 Å². The van der Waals surface area contributed by atoms with Crippen molar-refractivity contribution >= 4 is 16.7 Å². The van der Waals surface area contributed by atoms with Crippen LogP contribution < -0.4 is 5.73 Å². The third kappa shape index (κ3) is 2.95. The maximum atomic E-state index is 11.6. The lowest BCUT2D eigenvalue weighted by molar-refractivity contribution is -0.144. The molecular formula is C27H23NO3. The number of hydrogen-bond donors (Lipinski definition) is 2. The summed E-state index contributed by atoms with van der Waals surface area (Å²) in [6.45, 7) is 1.73. The van der Waals surface area contributed by atoms with Crippen molar-refractivity contribution in [2.75, 3.05) is 0 Å². The second-order valence-electron chi connectivity index (χ2n) is 8.02. The number of rotatable bonds is 5. The number of nitrogens with two attached hydrogens (primary N) is 1. The number of carbonyl (C=O) groups is 1. The molecule has 1 aliphatic rings. The van der Waals surface area contributed by atoms with Crippen molar-refractivity contribution in [3.05, 3.63) is 108 Å². The number of fused-ring (bicyclic) bond motifs is 4. The molecule has 5 rings (SSSR count). The van der Waals surface area contributed by atoms with Crippen molar-refractivity contribution in [3.63, 3.8) is 0 Å². The van der Waals surface area contributed by atoms with Crippen LogP contribution in [0.3, 0.4) is 0 Å². The molecule has 0 radical (unpaired) electrons. The number of carboxylic acid groups (broad SMARTS) is 1. The average molecular weight is 409 g/mol. The SMILES string of the molecule is C[C@@H](OC1(c2ccc3ccccc3c2)c2ccccc2-c2ccccc21)[C@H](N)C(=O)O. The third-order valence-corrected chi connectivity index (χ3v) is 6.21. The molecule has 0 amide bonds. The molecule has 0 bridgehead atoms. The molecule has 154 valence electrons. The first kappa shape index (κ1) is 19.5. The van der Waals surface area contributed by atoms with E-state index in [0.29, 0.717) is 0 Å². The minimum absolute atomic E-state index is 0.719. The van der Waals surface area contributed by atoms with Crippen LogP contribution in [0, 0.1) is 0 Å². The molecule has 0 saturated heterocycles. The molecule has 31 heavy (non-hydrogen) atoms. The maximum absolute atomic E-state index is 11.6. The highest BCUT2D eigenvalue weighted by atomic mass is 16.5. The third-order valence-electron chi connectivity index (χ3n) is 6.21. The van der Waals surface area contributed by atoms with E-state index in [1.165, 1.54) is 0 Å². The summed E-state index contributed by atoms with van der Waals surface area (Å²) in [5.41, 5.74) is 10.1. The van der Waals surface area contributed by atoms with E-state index in [1.807, 2.05) is 36.4 Å². The zero-order valence-corrected chi connectivity index (χ0v) is 17.2. The zero-order chi connectivity index (χ0) is 21.6. The lowest BCUT2D eigenvalue weighted by atomic mass is 9.82. The molecule has 4 aromatic carbocycles. The minimum Gasteiger partial charge on any atom is -0.480 e. The molecule has 0 heterocycles. The van der Waals surface area contributed by atoms with Crippen LogP contribution in [0.2, 0.25) is 0 Å². The van der Waals surface area contributed by atoms with E-state index in [4.69, 9.17) is 10.5 Å². The molecule has 4 nitrogen and oxygen atoms in total. The number of hydrogen-bond acceptors (Lipinski definition) is 3. The van der Waals surface area contributed by atoms with E-state index >= 15 is 0 Å². The van der Waals surface area contributed by atoms with Gasteiger partial charge < -0.3 is 15.6 Å². The van der Waals surface area contributed by atoms with Gasteiger partial charge in [-0.25, -0.2) is 0 Å². The second-order valence-corrected chi connectivity index (χ2v) is 8.02. The largest absolute Gasteiger partial charge is 0.480 e. The van der Waals surface area contributed by atoms with Crippen LogP contribution in [-0.4, -0.2) is 23.2 Å². The fourth-order valence-electron chi connectivity index (χ4n) is 4.66. The number of ether oxygens (including phenoxy) is 1. The van der Waals surface area contributed by atoms with E-state index in [0.717, 1.165) is 38.6 Å². The summed E-state index contributed by atoms with van der Waals surface area (Å²) in [6, 6.07) is 29.6. The van der Waals surface area contributed by atoms with Crippen molar-refractivity contribution in [1.29, 1.82) is 0 Å². The molecule has 0 aliphatic heterocycles. The minimum atomic E-state index is -1.14. The van der Waals surface area contributed by atoms with Gasteiger partial charge in [0.1, 0.15) is 11.6 Å². The van der Waals surface area contributed by atoms with Gasteiger partial charge in [-0.3, -0.25) is 4.79 Å². The van der Waals surface area contributed by atoms with Crippen LogP contribution in [0.5, 0.6) is 0 Å². The van der Waals surface area contributed by atoms with E-state index < -0.39 is 23.7 Å². The standard InChI is InChI=1S/C27H23NO3/c1-17(25(28)26(29)30)31-27(20-15-14-18-8-2-3-9-19(18)16-20)23-12-6-4-10-21(23)22-11-5-7-13-24(22)27/h2-17,25H,28H2,1H3,(H,29,30)/t17-,25+/m1/s1. The highest BCUT2D eigenvalue weighted by molar-refractivity contribution is 5.87. The summed E-state index contributed by atoms with van der Waals surface area (Å²) in [5.74, 6) is -1.08. The van der Waals surface area contributed by atoms with Crippen LogP contribution in [0.4, 0.5) is 0 Å². The summed E-state index contributed by atoms with van der Waals surface area (Å²) in [4.78, 5) is 11.6. The van der Waals surface area contributed by atoms with Crippen molar-refractivity contribution in [3.8, 4) is 11.1 Å². The van der Waals surface area contributed by atoms with E-state index in [1.54, 1.807) is 6.92 Å². The summed E-state index contributed by atoms with van der Waals surface area (Å²) >= 11 is 0. The second kappa shape index (κ2) is 7.34. The molecule has 0 spiro atoms. The maximum Gasteiger partial charge on any atom is 0.323 e. The van der Waals surface area contributed by atoms with Gasteiger partial charge in [0.05, 0.1) is 6.10 Å². The molecule has 1 aliphatic carbocycles. The van der Waals surface area contributed by atoms with Gasteiger partial charge in [-0.05, 0) is 40.5 Å². The Labute approximate surface area is 180 Å². The number of benzene rings is 4. The van der Waals surface area contributed by atoms with Crippen molar-refractivity contribution < 1.29 is 14.6 Å². The zero-order valence-electron chi connectivity index (χ0n) is 17.2. The molecule has 0 unspecified atom stereocenters. The fourth-order valence-corrected chi connectivity index (χ4v) is 4.66. The van der Waals surface area contributed by atoms with Crippen LogP contribution >= 0.6 is 0 Å². The average Bonchev–Trinajstić information content (AvgIpc) is 3.09. The Kier molecular flexibility index (Phi) is 4.62. The smallest absolute Gasteiger partial charge is 0.323 e. The van der Waals surface area contributed by atoms with E-state index in [2.05, 4.69) is 54.6 Å². The van der Waals surface area contributed by atoms with Gasteiger partial charge in [-0.1, -0.05) is 84.9 Å². The lowest BCUT2D eigenvalue weighted by Crippen LogP contribution is -2.46. The monoisotopic (exact) mass is 409 g/mol. The fraction of sp³-hybridized carbons (Fsp3) is 0.148. The Morgan fingerprint density at radius 1 is 0.839 bits per heavy atom. The summed E-state index contributed by atoms with van der Waals surface area (Å²) < 4.78 is 6.70. The van der Waals surface area contributed by atoms with Gasteiger partial charge in [-0.2, -0.15) is 0 Å². The predicted molar refractivity (Wildman–Crippen MR) is 122 cm³/mol. The Balaban J connectivity index is 1.81.